The number of fused-ring (bicyclic) bond motifs is 1. The van der Waals surface area contributed by atoms with Crippen LogP contribution in [0.3, 0.4) is 0 Å². The maximum Gasteiger partial charge on any atom is 0.0728 e. The van der Waals surface area contributed by atoms with Gasteiger partial charge in [0, 0.05) is 23.2 Å². The topological polar surface area (TPSA) is 51.8 Å². The van der Waals surface area contributed by atoms with Crippen molar-refractivity contribution in [1.82, 2.24) is 10.2 Å². The molecule has 100 valence electrons. The summed E-state index contributed by atoms with van der Waals surface area (Å²) in [5.41, 5.74) is 9.33. The molecule has 0 bridgehead atoms. The number of aryl methyl sites for hydroxylation is 1. The zero-order chi connectivity index (χ0) is 13.9. The lowest BCUT2D eigenvalue weighted by Crippen LogP contribution is -2.14. The zero-order valence-electron chi connectivity index (χ0n) is 11.5. The van der Waals surface area contributed by atoms with E-state index in [1.165, 1.54) is 0 Å². The van der Waals surface area contributed by atoms with E-state index in [-0.39, 0.29) is 6.04 Å². The fourth-order valence-corrected chi connectivity index (χ4v) is 2.47. The highest BCUT2D eigenvalue weighted by molar-refractivity contribution is 5.86. The molecule has 3 rings (SSSR count). The van der Waals surface area contributed by atoms with Crippen LogP contribution >= 0.6 is 0 Å². The van der Waals surface area contributed by atoms with Gasteiger partial charge in [0.1, 0.15) is 0 Å². The van der Waals surface area contributed by atoms with Gasteiger partial charge in [-0.15, -0.1) is 0 Å². The largest absolute Gasteiger partial charge is 0.324 e. The van der Waals surface area contributed by atoms with E-state index in [0.29, 0.717) is 6.42 Å². The minimum absolute atomic E-state index is 0.0587. The Kier molecular flexibility index (Phi) is 3.44. The third-order valence-electron chi connectivity index (χ3n) is 3.59. The van der Waals surface area contributed by atoms with Crippen molar-refractivity contribution in [2.75, 3.05) is 0 Å². The summed E-state index contributed by atoms with van der Waals surface area (Å²) in [7, 11) is 0. The van der Waals surface area contributed by atoms with Crippen molar-refractivity contribution in [3.63, 3.8) is 0 Å². The van der Waals surface area contributed by atoms with E-state index in [9.17, 15) is 0 Å². The van der Waals surface area contributed by atoms with Crippen molar-refractivity contribution in [3.8, 4) is 0 Å². The van der Waals surface area contributed by atoms with Gasteiger partial charge in [0.25, 0.3) is 0 Å². The molecule has 0 fully saturated rings. The van der Waals surface area contributed by atoms with Crippen LogP contribution in [0.4, 0.5) is 0 Å². The molecule has 0 saturated heterocycles. The number of aromatic nitrogens is 2. The molecule has 1 aromatic heterocycles. The van der Waals surface area contributed by atoms with Crippen molar-refractivity contribution in [2.24, 2.45) is 5.73 Å². The molecule has 20 heavy (non-hydrogen) atoms. The standard InChI is InChI=1S/C17H17N3/c1-12-14-9-5-6-10-15(14)17(20-19-12)11-16(18)13-7-3-2-4-8-13/h2-10,16H,11,18H2,1H3. The van der Waals surface area contributed by atoms with Crippen molar-refractivity contribution >= 4 is 10.8 Å². The Hall–Kier alpha value is -2.26. The molecule has 2 aromatic carbocycles. The van der Waals surface area contributed by atoms with Crippen LogP contribution in [0.2, 0.25) is 0 Å². The number of benzene rings is 2. The molecule has 0 aliphatic carbocycles. The third-order valence-corrected chi connectivity index (χ3v) is 3.59. The number of nitrogens with two attached hydrogens (primary N) is 1. The molecular formula is C17H17N3. The molecule has 0 aliphatic heterocycles. The normalized spacial score (nSPS) is 12.5. The monoisotopic (exact) mass is 263 g/mol. The second-order valence-corrected chi connectivity index (χ2v) is 5.00. The van der Waals surface area contributed by atoms with E-state index >= 15 is 0 Å². The Balaban J connectivity index is 1.97. The maximum absolute atomic E-state index is 6.29. The fourth-order valence-electron chi connectivity index (χ4n) is 2.47. The van der Waals surface area contributed by atoms with Crippen molar-refractivity contribution in [1.29, 1.82) is 0 Å². The summed E-state index contributed by atoms with van der Waals surface area (Å²) in [6, 6.07) is 18.3. The summed E-state index contributed by atoms with van der Waals surface area (Å²) in [4.78, 5) is 0. The minimum atomic E-state index is -0.0587. The lowest BCUT2D eigenvalue weighted by Gasteiger charge is -2.13. The van der Waals surface area contributed by atoms with E-state index in [1.54, 1.807) is 0 Å². The highest BCUT2D eigenvalue weighted by atomic mass is 15.1. The Morgan fingerprint density at radius 3 is 2.30 bits per heavy atom. The average Bonchev–Trinajstić information content (AvgIpc) is 2.51. The van der Waals surface area contributed by atoms with Gasteiger partial charge in [-0.2, -0.15) is 10.2 Å². The van der Waals surface area contributed by atoms with Gasteiger partial charge in [-0.1, -0.05) is 54.6 Å². The van der Waals surface area contributed by atoms with Crippen molar-refractivity contribution in [3.05, 3.63) is 71.5 Å². The van der Waals surface area contributed by atoms with Crippen LogP contribution in [0.5, 0.6) is 0 Å². The Morgan fingerprint density at radius 1 is 0.900 bits per heavy atom. The zero-order valence-corrected chi connectivity index (χ0v) is 11.5. The summed E-state index contributed by atoms with van der Waals surface area (Å²) in [6.07, 6.45) is 0.692. The van der Waals surface area contributed by atoms with Gasteiger partial charge in [-0.25, -0.2) is 0 Å². The van der Waals surface area contributed by atoms with Gasteiger partial charge < -0.3 is 5.73 Å². The molecule has 3 aromatic rings. The first kappa shape index (κ1) is 12.8. The van der Waals surface area contributed by atoms with Crippen LogP contribution in [0.1, 0.15) is 23.0 Å². The lowest BCUT2D eigenvalue weighted by molar-refractivity contribution is 0.699. The lowest BCUT2D eigenvalue weighted by atomic mass is 9.99. The van der Waals surface area contributed by atoms with E-state index in [1.807, 2.05) is 37.3 Å². The van der Waals surface area contributed by atoms with E-state index in [2.05, 4.69) is 34.5 Å². The van der Waals surface area contributed by atoms with Crippen molar-refractivity contribution < 1.29 is 0 Å². The van der Waals surface area contributed by atoms with Crippen LogP contribution in [-0.4, -0.2) is 10.2 Å². The molecule has 0 spiro atoms. The molecule has 0 saturated carbocycles. The minimum Gasteiger partial charge on any atom is -0.324 e. The number of hydrogen-bond acceptors (Lipinski definition) is 3. The quantitative estimate of drug-likeness (QED) is 0.789. The second-order valence-electron chi connectivity index (χ2n) is 5.00. The molecule has 1 atom stereocenters. The van der Waals surface area contributed by atoms with Crippen LogP contribution in [0.25, 0.3) is 10.8 Å². The van der Waals surface area contributed by atoms with E-state index < -0.39 is 0 Å². The highest BCUT2D eigenvalue weighted by Crippen LogP contribution is 2.22. The first-order chi connectivity index (χ1) is 9.75. The molecular weight excluding hydrogens is 246 g/mol. The van der Waals surface area contributed by atoms with E-state index in [0.717, 1.165) is 27.7 Å². The first-order valence-corrected chi connectivity index (χ1v) is 6.77. The third kappa shape index (κ3) is 2.40. The fraction of sp³-hybridized carbons (Fsp3) is 0.176. The average molecular weight is 263 g/mol. The van der Waals surface area contributed by atoms with Gasteiger partial charge >= 0.3 is 0 Å². The predicted octanol–water partition coefficient (Wildman–Crippen LogP) is 3.18. The van der Waals surface area contributed by atoms with Gasteiger partial charge in [0.05, 0.1) is 11.4 Å². The molecule has 2 N–H and O–H groups in total. The number of hydrogen-bond donors (Lipinski definition) is 1. The van der Waals surface area contributed by atoms with Crippen LogP contribution in [0, 0.1) is 6.92 Å². The van der Waals surface area contributed by atoms with Crippen LogP contribution in [0.15, 0.2) is 54.6 Å². The molecule has 3 heteroatoms. The Labute approximate surface area is 118 Å². The summed E-state index contributed by atoms with van der Waals surface area (Å²) < 4.78 is 0. The highest BCUT2D eigenvalue weighted by Gasteiger charge is 2.12. The number of nitrogens with zero attached hydrogens (tertiary/aromatic N) is 2. The molecule has 0 aliphatic rings. The molecule has 0 radical (unpaired) electrons. The smallest absolute Gasteiger partial charge is 0.0728 e. The molecule has 1 heterocycles. The van der Waals surface area contributed by atoms with Crippen molar-refractivity contribution in [2.45, 2.75) is 19.4 Å². The Morgan fingerprint density at radius 2 is 1.55 bits per heavy atom. The second kappa shape index (κ2) is 5.39. The molecule has 0 amide bonds. The number of rotatable bonds is 3. The SMILES string of the molecule is Cc1nnc(CC(N)c2ccccc2)c2ccccc12. The van der Waals surface area contributed by atoms with Crippen LogP contribution in [-0.2, 0) is 6.42 Å². The van der Waals surface area contributed by atoms with E-state index in [4.69, 9.17) is 5.73 Å². The van der Waals surface area contributed by atoms with Gasteiger partial charge in [-0.3, -0.25) is 0 Å². The summed E-state index contributed by atoms with van der Waals surface area (Å²) >= 11 is 0. The maximum atomic E-state index is 6.29. The van der Waals surface area contributed by atoms with Gasteiger partial charge in [0.2, 0.25) is 0 Å². The van der Waals surface area contributed by atoms with Gasteiger partial charge in [0.15, 0.2) is 0 Å². The molecule has 3 nitrogen and oxygen atoms in total. The molecule has 1 unspecified atom stereocenters. The summed E-state index contributed by atoms with van der Waals surface area (Å²) in [6.45, 7) is 1.98. The van der Waals surface area contributed by atoms with Crippen LogP contribution < -0.4 is 5.73 Å². The first-order valence-electron chi connectivity index (χ1n) is 6.77. The summed E-state index contributed by atoms with van der Waals surface area (Å²) in [5.74, 6) is 0. The van der Waals surface area contributed by atoms with Gasteiger partial charge in [-0.05, 0) is 12.5 Å². The Bertz CT molecular complexity index is 723. The predicted molar refractivity (Wildman–Crippen MR) is 81.3 cm³/mol. The summed E-state index contributed by atoms with van der Waals surface area (Å²) in [5, 5.41) is 10.9.